The Morgan fingerprint density at radius 2 is 1.83 bits per heavy atom. The Morgan fingerprint density at radius 1 is 1.00 bits per heavy atom. The summed E-state index contributed by atoms with van der Waals surface area (Å²) >= 11 is 2.23. The van der Waals surface area contributed by atoms with Gasteiger partial charge in [-0.25, -0.2) is 0 Å². The molecule has 2 atom stereocenters. The Morgan fingerprint density at radius 3 is 2.61 bits per heavy atom. The third kappa shape index (κ3) is 5.52. The van der Waals surface area contributed by atoms with Crippen LogP contribution in [0, 0.1) is 11.8 Å². The molecule has 0 radical (unpaired) electrons. The van der Waals surface area contributed by atoms with Crippen LogP contribution in [0.1, 0.15) is 64.7 Å². The molecule has 2 rings (SSSR count). The molecule has 106 valence electrons. The molecule has 0 saturated heterocycles. The average molecular weight is 269 g/mol. The van der Waals surface area contributed by atoms with Crippen molar-refractivity contribution in [2.45, 2.75) is 70.0 Å². The molecule has 2 aliphatic rings. The lowest BCUT2D eigenvalue weighted by Gasteiger charge is -2.26. The van der Waals surface area contributed by atoms with Gasteiger partial charge in [-0.1, -0.05) is 39.0 Å². The van der Waals surface area contributed by atoms with E-state index in [-0.39, 0.29) is 0 Å². The van der Waals surface area contributed by atoms with Crippen molar-refractivity contribution in [2.75, 3.05) is 18.8 Å². The number of nitrogens with one attached hydrogen (secondary N) is 1. The van der Waals surface area contributed by atoms with Crippen LogP contribution in [0.5, 0.6) is 0 Å². The SMILES string of the molecule is CC1CCCC(SCCNCC2CCCCC2)C1. The number of hydrogen-bond donors (Lipinski definition) is 1. The van der Waals surface area contributed by atoms with Gasteiger partial charge in [0.1, 0.15) is 0 Å². The van der Waals surface area contributed by atoms with Gasteiger partial charge in [-0.05, 0) is 44.1 Å². The van der Waals surface area contributed by atoms with Gasteiger partial charge >= 0.3 is 0 Å². The van der Waals surface area contributed by atoms with E-state index in [1.165, 1.54) is 76.6 Å². The van der Waals surface area contributed by atoms with E-state index in [2.05, 4.69) is 24.0 Å². The van der Waals surface area contributed by atoms with E-state index in [0.717, 1.165) is 17.1 Å². The summed E-state index contributed by atoms with van der Waals surface area (Å²) in [5.74, 6) is 3.29. The summed E-state index contributed by atoms with van der Waals surface area (Å²) < 4.78 is 0. The van der Waals surface area contributed by atoms with E-state index in [0.29, 0.717) is 0 Å². The van der Waals surface area contributed by atoms with Gasteiger partial charge in [-0.3, -0.25) is 0 Å². The highest BCUT2D eigenvalue weighted by atomic mass is 32.2. The molecule has 1 N–H and O–H groups in total. The summed E-state index contributed by atoms with van der Waals surface area (Å²) in [5, 5.41) is 4.65. The molecule has 1 nitrogen and oxygen atoms in total. The van der Waals surface area contributed by atoms with Crippen LogP contribution in [0.4, 0.5) is 0 Å². The van der Waals surface area contributed by atoms with Gasteiger partial charge in [0, 0.05) is 17.5 Å². The van der Waals surface area contributed by atoms with Crippen molar-refractivity contribution in [3.63, 3.8) is 0 Å². The van der Waals surface area contributed by atoms with Gasteiger partial charge < -0.3 is 5.32 Å². The lowest BCUT2D eigenvalue weighted by atomic mass is 9.89. The predicted molar refractivity (Wildman–Crippen MR) is 83.3 cm³/mol. The topological polar surface area (TPSA) is 12.0 Å². The quantitative estimate of drug-likeness (QED) is 0.714. The van der Waals surface area contributed by atoms with Crippen molar-refractivity contribution in [3.8, 4) is 0 Å². The largest absolute Gasteiger partial charge is 0.316 e. The summed E-state index contributed by atoms with van der Waals surface area (Å²) in [6, 6.07) is 0. The van der Waals surface area contributed by atoms with Crippen molar-refractivity contribution in [2.24, 2.45) is 11.8 Å². The van der Waals surface area contributed by atoms with E-state index < -0.39 is 0 Å². The molecule has 2 heteroatoms. The van der Waals surface area contributed by atoms with Crippen molar-refractivity contribution in [3.05, 3.63) is 0 Å². The lowest BCUT2D eigenvalue weighted by molar-refractivity contribution is 0.345. The van der Waals surface area contributed by atoms with Crippen molar-refractivity contribution in [1.29, 1.82) is 0 Å². The number of rotatable bonds is 6. The summed E-state index contributed by atoms with van der Waals surface area (Å²) in [4.78, 5) is 0. The normalized spacial score (nSPS) is 30.5. The molecule has 2 aliphatic carbocycles. The third-order valence-electron chi connectivity index (χ3n) is 4.68. The Labute approximate surface area is 118 Å². The van der Waals surface area contributed by atoms with Crippen molar-refractivity contribution in [1.82, 2.24) is 5.32 Å². The molecule has 2 saturated carbocycles. The van der Waals surface area contributed by atoms with Gasteiger partial charge in [0.2, 0.25) is 0 Å². The van der Waals surface area contributed by atoms with Crippen LogP contribution in [0.3, 0.4) is 0 Å². The maximum atomic E-state index is 3.69. The molecule has 0 aliphatic heterocycles. The fraction of sp³-hybridized carbons (Fsp3) is 1.00. The average Bonchev–Trinajstić information content (AvgIpc) is 2.40. The van der Waals surface area contributed by atoms with Crippen molar-refractivity contribution < 1.29 is 0 Å². The highest BCUT2D eigenvalue weighted by Crippen LogP contribution is 2.31. The second-order valence-electron chi connectivity index (χ2n) is 6.47. The molecule has 0 bridgehead atoms. The van der Waals surface area contributed by atoms with E-state index in [1.54, 1.807) is 0 Å². The van der Waals surface area contributed by atoms with E-state index in [4.69, 9.17) is 0 Å². The zero-order valence-corrected chi connectivity index (χ0v) is 12.9. The molecule has 0 amide bonds. The molecule has 0 heterocycles. The summed E-state index contributed by atoms with van der Waals surface area (Å²) in [5.41, 5.74) is 0. The molecule has 0 aromatic rings. The van der Waals surface area contributed by atoms with Crippen LogP contribution in [0.2, 0.25) is 0 Å². The number of thioether (sulfide) groups is 1. The minimum Gasteiger partial charge on any atom is -0.316 e. The first-order valence-corrected chi connectivity index (χ1v) is 9.22. The maximum absolute atomic E-state index is 3.69. The number of hydrogen-bond acceptors (Lipinski definition) is 2. The first-order chi connectivity index (χ1) is 8.84. The van der Waals surface area contributed by atoms with Gasteiger partial charge in [0.25, 0.3) is 0 Å². The van der Waals surface area contributed by atoms with E-state index in [1.807, 2.05) is 0 Å². The van der Waals surface area contributed by atoms with E-state index in [9.17, 15) is 0 Å². The Kier molecular flexibility index (Phi) is 6.93. The Hall–Kier alpha value is 0.310. The van der Waals surface area contributed by atoms with Gasteiger partial charge in [-0.15, -0.1) is 0 Å². The third-order valence-corrected chi connectivity index (χ3v) is 6.02. The zero-order chi connectivity index (χ0) is 12.6. The van der Waals surface area contributed by atoms with Crippen LogP contribution in [-0.2, 0) is 0 Å². The monoisotopic (exact) mass is 269 g/mol. The minimum absolute atomic E-state index is 0.963. The summed E-state index contributed by atoms with van der Waals surface area (Å²) in [6.07, 6.45) is 13.2. The molecule has 18 heavy (non-hydrogen) atoms. The summed E-state index contributed by atoms with van der Waals surface area (Å²) in [7, 11) is 0. The molecular formula is C16H31NS. The second kappa shape index (κ2) is 8.47. The zero-order valence-electron chi connectivity index (χ0n) is 12.1. The molecule has 2 fully saturated rings. The smallest absolute Gasteiger partial charge is 0.00608 e. The first kappa shape index (κ1) is 14.7. The maximum Gasteiger partial charge on any atom is 0.00608 e. The molecule has 2 unspecified atom stereocenters. The standard InChI is InChI=1S/C16H31NS/c1-14-6-5-9-16(12-14)18-11-10-17-13-15-7-3-2-4-8-15/h14-17H,2-13H2,1H3. The molecule has 0 aromatic heterocycles. The van der Waals surface area contributed by atoms with Gasteiger partial charge in [0.15, 0.2) is 0 Å². The van der Waals surface area contributed by atoms with Crippen molar-refractivity contribution >= 4 is 11.8 Å². The Bertz CT molecular complexity index is 213. The first-order valence-electron chi connectivity index (χ1n) is 8.17. The highest BCUT2D eigenvalue weighted by Gasteiger charge is 2.18. The fourth-order valence-electron chi connectivity index (χ4n) is 3.53. The van der Waals surface area contributed by atoms with E-state index >= 15 is 0 Å². The fourth-order valence-corrected chi connectivity index (χ4v) is 4.92. The van der Waals surface area contributed by atoms with Crippen LogP contribution < -0.4 is 5.32 Å². The molecule has 0 spiro atoms. The van der Waals surface area contributed by atoms with Crippen LogP contribution in [-0.4, -0.2) is 24.1 Å². The molecular weight excluding hydrogens is 238 g/mol. The minimum atomic E-state index is 0.963. The molecule has 0 aromatic carbocycles. The van der Waals surface area contributed by atoms with Gasteiger partial charge in [0.05, 0.1) is 0 Å². The van der Waals surface area contributed by atoms with Crippen LogP contribution in [0.25, 0.3) is 0 Å². The second-order valence-corrected chi connectivity index (χ2v) is 7.88. The highest BCUT2D eigenvalue weighted by molar-refractivity contribution is 7.99. The summed E-state index contributed by atoms with van der Waals surface area (Å²) in [6.45, 7) is 4.93. The Balaban J connectivity index is 1.45. The van der Waals surface area contributed by atoms with Crippen LogP contribution >= 0.6 is 11.8 Å². The van der Waals surface area contributed by atoms with Crippen LogP contribution in [0.15, 0.2) is 0 Å². The van der Waals surface area contributed by atoms with Gasteiger partial charge in [-0.2, -0.15) is 11.8 Å². The lowest BCUT2D eigenvalue weighted by Crippen LogP contribution is -2.27. The predicted octanol–water partition coefficient (Wildman–Crippen LogP) is 4.47.